The molecule has 0 bridgehead atoms. The zero-order chi connectivity index (χ0) is 20.2. The summed E-state index contributed by atoms with van der Waals surface area (Å²) in [5.74, 6) is -0.683. The number of unbranched alkanes of at least 4 members (excludes halogenated alkanes) is 1. The number of ether oxygens (including phenoxy) is 2. The first-order valence-corrected chi connectivity index (χ1v) is 9.10. The molecule has 0 saturated carbocycles. The van der Waals surface area contributed by atoms with E-state index in [1.165, 1.54) is 6.07 Å². The average molecular weight is 384 g/mol. The van der Waals surface area contributed by atoms with Crippen molar-refractivity contribution < 1.29 is 23.9 Å². The summed E-state index contributed by atoms with van der Waals surface area (Å²) in [6.45, 7) is 1.98. The number of hydrogen-bond donors (Lipinski definition) is 2. The summed E-state index contributed by atoms with van der Waals surface area (Å²) in [6, 6.07) is 15.4. The molecule has 0 aliphatic rings. The maximum absolute atomic E-state index is 12.0. The van der Waals surface area contributed by atoms with Gasteiger partial charge in [0, 0.05) is 5.69 Å². The number of nitrogens with one attached hydrogen (secondary N) is 2. The molecule has 2 aromatic rings. The Morgan fingerprint density at radius 1 is 0.964 bits per heavy atom. The lowest BCUT2D eigenvalue weighted by molar-refractivity contribution is -0.125. The molecule has 28 heavy (non-hydrogen) atoms. The Morgan fingerprint density at radius 3 is 2.50 bits per heavy atom. The quantitative estimate of drug-likeness (QED) is 0.485. The Kier molecular flexibility index (Phi) is 8.52. The zero-order valence-corrected chi connectivity index (χ0v) is 15.8. The van der Waals surface area contributed by atoms with Gasteiger partial charge in [0.05, 0.1) is 18.7 Å². The zero-order valence-electron chi connectivity index (χ0n) is 15.8. The van der Waals surface area contributed by atoms with Crippen LogP contribution in [-0.2, 0) is 14.3 Å². The summed E-state index contributed by atoms with van der Waals surface area (Å²) in [4.78, 5) is 35.7. The van der Waals surface area contributed by atoms with Crippen LogP contribution in [0.2, 0.25) is 0 Å². The molecule has 0 saturated heterocycles. The average Bonchev–Trinajstić information content (AvgIpc) is 2.72. The van der Waals surface area contributed by atoms with E-state index in [2.05, 4.69) is 10.6 Å². The highest BCUT2D eigenvalue weighted by molar-refractivity contribution is 5.96. The van der Waals surface area contributed by atoms with Gasteiger partial charge in [-0.3, -0.25) is 9.59 Å². The SMILES string of the molecule is CCCCOC(=O)c1cccc(NC(=O)CNC(=O)COc2ccccc2)c1. The molecule has 0 unspecified atom stereocenters. The molecule has 0 heterocycles. The number of esters is 1. The lowest BCUT2D eigenvalue weighted by Crippen LogP contribution is -2.35. The highest BCUT2D eigenvalue weighted by atomic mass is 16.5. The molecule has 2 rings (SSSR count). The van der Waals surface area contributed by atoms with E-state index in [4.69, 9.17) is 9.47 Å². The Bertz CT molecular complexity index is 792. The molecule has 0 aliphatic carbocycles. The van der Waals surface area contributed by atoms with Crippen LogP contribution in [0.25, 0.3) is 0 Å². The molecule has 0 aliphatic heterocycles. The monoisotopic (exact) mass is 384 g/mol. The molecular weight excluding hydrogens is 360 g/mol. The smallest absolute Gasteiger partial charge is 0.338 e. The summed E-state index contributed by atoms with van der Waals surface area (Å²) < 4.78 is 10.5. The summed E-state index contributed by atoms with van der Waals surface area (Å²) in [7, 11) is 0. The third kappa shape index (κ3) is 7.49. The van der Waals surface area contributed by atoms with E-state index < -0.39 is 17.8 Å². The number of carbonyl (C=O) groups excluding carboxylic acids is 3. The number of hydrogen-bond acceptors (Lipinski definition) is 5. The molecule has 7 heteroatoms. The summed E-state index contributed by atoms with van der Waals surface area (Å²) in [5.41, 5.74) is 0.805. The Hall–Kier alpha value is -3.35. The second-order valence-electron chi connectivity index (χ2n) is 6.00. The third-order valence-corrected chi connectivity index (χ3v) is 3.67. The van der Waals surface area contributed by atoms with E-state index in [9.17, 15) is 14.4 Å². The van der Waals surface area contributed by atoms with Gasteiger partial charge in [-0.2, -0.15) is 0 Å². The molecule has 148 valence electrons. The van der Waals surface area contributed by atoms with Crippen molar-refractivity contribution in [3.05, 3.63) is 60.2 Å². The van der Waals surface area contributed by atoms with Gasteiger partial charge in [-0.15, -0.1) is 0 Å². The van der Waals surface area contributed by atoms with Crippen LogP contribution in [0, 0.1) is 0 Å². The fourth-order valence-corrected chi connectivity index (χ4v) is 2.22. The van der Waals surface area contributed by atoms with Gasteiger partial charge in [0.25, 0.3) is 5.91 Å². The van der Waals surface area contributed by atoms with Crippen molar-refractivity contribution in [2.24, 2.45) is 0 Å². The van der Waals surface area contributed by atoms with Gasteiger partial charge in [0.1, 0.15) is 5.75 Å². The maximum Gasteiger partial charge on any atom is 0.338 e. The van der Waals surface area contributed by atoms with E-state index >= 15 is 0 Å². The van der Waals surface area contributed by atoms with Crippen LogP contribution in [0.4, 0.5) is 5.69 Å². The molecule has 2 aromatic carbocycles. The molecule has 0 radical (unpaired) electrons. The Balaban J connectivity index is 1.75. The van der Waals surface area contributed by atoms with Crippen molar-refractivity contribution in [1.82, 2.24) is 5.32 Å². The number of amides is 2. The van der Waals surface area contributed by atoms with Gasteiger partial charge < -0.3 is 20.1 Å². The summed E-state index contributed by atoms with van der Waals surface area (Å²) in [5, 5.41) is 5.11. The van der Waals surface area contributed by atoms with Crippen molar-refractivity contribution in [2.45, 2.75) is 19.8 Å². The Morgan fingerprint density at radius 2 is 1.75 bits per heavy atom. The first-order chi connectivity index (χ1) is 13.6. The highest BCUT2D eigenvalue weighted by Gasteiger charge is 2.10. The van der Waals surface area contributed by atoms with Gasteiger partial charge in [0.2, 0.25) is 5.91 Å². The fraction of sp³-hybridized carbons (Fsp3) is 0.286. The van der Waals surface area contributed by atoms with E-state index in [0.29, 0.717) is 23.6 Å². The second-order valence-corrected chi connectivity index (χ2v) is 6.00. The number of benzene rings is 2. The van der Waals surface area contributed by atoms with Crippen molar-refractivity contribution in [3.8, 4) is 5.75 Å². The predicted molar refractivity (Wildman–Crippen MR) is 105 cm³/mol. The Labute approximate surface area is 164 Å². The van der Waals surface area contributed by atoms with Crippen molar-refractivity contribution in [2.75, 3.05) is 25.1 Å². The van der Waals surface area contributed by atoms with E-state index in [1.54, 1.807) is 42.5 Å². The van der Waals surface area contributed by atoms with E-state index in [0.717, 1.165) is 12.8 Å². The second kappa shape index (κ2) is 11.4. The fourth-order valence-electron chi connectivity index (χ4n) is 2.22. The third-order valence-electron chi connectivity index (χ3n) is 3.67. The van der Waals surface area contributed by atoms with E-state index in [-0.39, 0.29) is 13.2 Å². The van der Waals surface area contributed by atoms with Gasteiger partial charge in [-0.1, -0.05) is 37.6 Å². The molecule has 0 spiro atoms. The first kappa shape index (κ1) is 21.0. The normalized spacial score (nSPS) is 10.0. The van der Waals surface area contributed by atoms with Crippen LogP contribution in [-0.4, -0.2) is 37.5 Å². The van der Waals surface area contributed by atoms with Gasteiger partial charge in [-0.05, 0) is 36.8 Å². The summed E-state index contributed by atoms with van der Waals surface area (Å²) in [6.07, 6.45) is 1.74. The largest absolute Gasteiger partial charge is 0.484 e. The van der Waals surface area contributed by atoms with Crippen LogP contribution in [0.5, 0.6) is 5.75 Å². The minimum absolute atomic E-state index is 0.184. The van der Waals surface area contributed by atoms with Crippen molar-refractivity contribution in [1.29, 1.82) is 0 Å². The molecule has 2 N–H and O–H groups in total. The number of rotatable bonds is 10. The van der Waals surface area contributed by atoms with Crippen LogP contribution >= 0.6 is 0 Å². The van der Waals surface area contributed by atoms with Crippen molar-refractivity contribution >= 4 is 23.5 Å². The number of para-hydroxylation sites is 1. The van der Waals surface area contributed by atoms with Crippen molar-refractivity contribution in [3.63, 3.8) is 0 Å². The maximum atomic E-state index is 12.0. The van der Waals surface area contributed by atoms with Gasteiger partial charge >= 0.3 is 5.97 Å². The predicted octanol–water partition coefficient (Wildman–Crippen LogP) is 2.78. The summed E-state index contributed by atoms with van der Waals surface area (Å²) >= 11 is 0. The minimum Gasteiger partial charge on any atom is -0.484 e. The van der Waals surface area contributed by atoms with Crippen LogP contribution in [0.3, 0.4) is 0 Å². The number of anilines is 1. The van der Waals surface area contributed by atoms with Crippen LogP contribution in [0.15, 0.2) is 54.6 Å². The minimum atomic E-state index is -0.434. The number of carbonyl (C=O) groups is 3. The highest BCUT2D eigenvalue weighted by Crippen LogP contribution is 2.12. The van der Waals surface area contributed by atoms with Gasteiger partial charge in [0.15, 0.2) is 6.61 Å². The molecule has 0 aromatic heterocycles. The first-order valence-electron chi connectivity index (χ1n) is 9.10. The molecule has 7 nitrogen and oxygen atoms in total. The standard InChI is InChI=1S/C21H24N2O5/c1-2-3-12-27-21(26)16-8-7-9-17(13-16)23-19(24)14-22-20(25)15-28-18-10-5-4-6-11-18/h4-11,13H,2-3,12,14-15H2,1H3,(H,22,25)(H,23,24). The van der Waals surface area contributed by atoms with E-state index in [1.807, 2.05) is 13.0 Å². The molecule has 0 fully saturated rings. The molecular formula is C21H24N2O5. The molecule has 2 amide bonds. The van der Waals surface area contributed by atoms with Crippen LogP contribution in [0.1, 0.15) is 30.1 Å². The topological polar surface area (TPSA) is 93.7 Å². The van der Waals surface area contributed by atoms with Crippen LogP contribution < -0.4 is 15.4 Å². The lowest BCUT2D eigenvalue weighted by atomic mass is 10.2. The molecule has 0 atom stereocenters. The lowest BCUT2D eigenvalue weighted by Gasteiger charge is -2.09. The van der Waals surface area contributed by atoms with Gasteiger partial charge in [-0.25, -0.2) is 4.79 Å².